The number of nitrogens with zero attached hydrogens (tertiary/aromatic N) is 1. The first-order valence-corrected chi connectivity index (χ1v) is 6.81. The Balaban J connectivity index is 2.04. The standard InChI is InChI=1S/C15H13FN2S/c1-9-4-11(8-18-7-9)15(17)14-6-10-5-12(16)2-3-13(10)19-14/h2-8,15H,17H2,1H3. The fourth-order valence-electron chi connectivity index (χ4n) is 2.10. The van der Waals surface area contributed by atoms with Crippen LogP contribution in [-0.4, -0.2) is 4.98 Å². The van der Waals surface area contributed by atoms with E-state index >= 15 is 0 Å². The molecular weight excluding hydrogens is 259 g/mol. The van der Waals surface area contributed by atoms with E-state index in [0.717, 1.165) is 26.1 Å². The molecule has 3 rings (SSSR count). The number of pyridine rings is 1. The maximum atomic E-state index is 13.2. The first-order valence-electron chi connectivity index (χ1n) is 5.99. The summed E-state index contributed by atoms with van der Waals surface area (Å²) in [5.74, 6) is -0.220. The van der Waals surface area contributed by atoms with E-state index in [0.29, 0.717) is 0 Å². The second-order valence-electron chi connectivity index (χ2n) is 4.60. The number of hydrogen-bond acceptors (Lipinski definition) is 3. The summed E-state index contributed by atoms with van der Waals surface area (Å²) in [7, 11) is 0. The molecule has 0 aliphatic carbocycles. The largest absolute Gasteiger partial charge is 0.320 e. The quantitative estimate of drug-likeness (QED) is 0.770. The summed E-state index contributed by atoms with van der Waals surface area (Å²) in [6.07, 6.45) is 3.58. The van der Waals surface area contributed by atoms with Gasteiger partial charge in [-0.2, -0.15) is 0 Å². The molecular formula is C15H13FN2S. The van der Waals surface area contributed by atoms with Gasteiger partial charge in [0.1, 0.15) is 5.82 Å². The molecule has 2 aromatic heterocycles. The van der Waals surface area contributed by atoms with Crippen molar-refractivity contribution in [2.75, 3.05) is 0 Å². The van der Waals surface area contributed by atoms with Gasteiger partial charge in [-0.25, -0.2) is 4.39 Å². The van der Waals surface area contributed by atoms with Crippen molar-refractivity contribution in [3.8, 4) is 0 Å². The lowest BCUT2D eigenvalue weighted by Crippen LogP contribution is -2.10. The van der Waals surface area contributed by atoms with Crippen LogP contribution < -0.4 is 5.73 Å². The Kier molecular flexibility index (Phi) is 3.05. The summed E-state index contributed by atoms with van der Waals surface area (Å²) in [5.41, 5.74) is 8.33. The number of hydrogen-bond donors (Lipinski definition) is 1. The Morgan fingerprint density at radius 1 is 1.21 bits per heavy atom. The zero-order valence-corrected chi connectivity index (χ0v) is 11.2. The molecule has 0 radical (unpaired) electrons. The number of nitrogens with two attached hydrogens (primary N) is 1. The molecule has 2 nitrogen and oxygen atoms in total. The van der Waals surface area contributed by atoms with E-state index in [1.54, 1.807) is 29.8 Å². The molecule has 0 aliphatic heterocycles. The monoisotopic (exact) mass is 272 g/mol. The molecule has 96 valence electrons. The maximum Gasteiger partial charge on any atom is 0.123 e. The second kappa shape index (κ2) is 4.72. The lowest BCUT2D eigenvalue weighted by atomic mass is 10.1. The van der Waals surface area contributed by atoms with Crippen LogP contribution in [0, 0.1) is 12.7 Å². The minimum Gasteiger partial charge on any atom is -0.320 e. The van der Waals surface area contributed by atoms with Crippen LogP contribution in [0.25, 0.3) is 10.1 Å². The highest BCUT2D eigenvalue weighted by atomic mass is 32.1. The highest BCUT2D eigenvalue weighted by Gasteiger charge is 2.13. The molecule has 2 heterocycles. The van der Waals surface area contributed by atoms with Crippen LogP contribution in [-0.2, 0) is 0 Å². The van der Waals surface area contributed by atoms with Gasteiger partial charge in [0.2, 0.25) is 0 Å². The molecule has 0 saturated heterocycles. The number of thiophene rings is 1. The number of rotatable bonds is 2. The van der Waals surface area contributed by atoms with Crippen molar-refractivity contribution >= 4 is 21.4 Å². The van der Waals surface area contributed by atoms with Gasteiger partial charge in [-0.05, 0) is 47.7 Å². The van der Waals surface area contributed by atoms with Gasteiger partial charge < -0.3 is 5.73 Å². The average Bonchev–Trinajstić information content (AvgIpc) is 2.80. The van der Waals surface area contributed by atoms with E-state index in [1.165, 1.54) is 12.1 Å². The zero-order chi connectivity index (χ0) is 13.4. The molecule has 3 aromatic rings. The van der Waals surface area contributed by atoms with Crippen LogP contribution in [0.1, 0.15) is 22.0 Å². The first kappa shape index (κ1) is 12.3. The summed E-state index contributed by atoms with van der Waals surface area (Å²) in [6, 6.07) is 8.57. The van der Waals surface area contributed by atoms with Crippen LogP contribution in [0.15, 0.2) is 42.7 Å². The van der Waals surface area contributed by atoms with Gasteiger partial charge in [-0.1, -0.05) is 6.07 Å². The topological polar surface area (TPSA) is 38.9 Å². The third-order valence-electron chi connectivity index (χ3n) is 3.06. The van der Waals surface area contributed by atoms with Crippen LogP contribution in [0.2, 0.25) is 0 Å². The molecule has 19 heavy (non-hydrogen) atoms. The summed E-state index contributed by atoms with van der Waals surface area (Å²) >= 11 is 1.60. The molecule has 0 amide bonds. The molecule has 1 atom stereocenters. The highest BCUT2D eigenvalue weighted by molar-refractivity contribution is 7.19. The lowest BCUT2D eigenvalue weighted by Gasteiger charge is -2.09. The van der Waals surface area contributed by atoms with Gasteiger partial charge in [0, 0.05) is 22.0 Å². The maximum absolute atomic E-state index is 13.2. The van der Waals surface area contributed by atoms with Gasteiger partial charge >= 0.3 is 0 Å². The van der Waals surface area contributed by atoms with E-state index < -0.39 is 0 Å². The van der Waals surface area contributed by atoms with Crippen molar-refractivity contribution in [3.05, 3.63) is 64.5 Å². The minimum absolute atomic E-state index is 0.215. The van der Waals surface area contributed by atoms with E-state index in [9.17, 15) is 4.39 Å². The Morgan fingerprint density at radius 2 is 2.05 bits per heavy atom. The Hall–Kier alpha value is -1.78. The van der Waals surface area contributed by atoms with Crippen molar-refractivity contribution in [2.45, 2.75) is 13.0 Å². The number of benzene rings is 1. The van der Waals surface area contributed by atoms with Crippen molar-refractivity contribution in [3.63, 3.8) is 0 Å². The fraction of sp³-hybridized carbons (Fsp3) is 0.133. The summed E-state index contributed by atoms with van der Waals surface area (Å²) in [6.45, 7) is 1.99. The highest BCUT2D eigenvalue weighted by Crippen LogP contribution is 2.32. The van der Waals surface area contributed by atoms with E-state index in [1.807, 2.05) is 19.1 Å². The summed E-state index contributed by atoms with van der Waals surface area (Å²) < 4.78 is 14.2. The molecule has 1 unspecified atom stereocenters. The minimum atomic E-state index is -0.220. The zero-order valence-electron chi connectivity index (χ0n) is 10.4. The second-order valence-corrected chi connectivity index (χ2v) is 5.72. The van der Waals surface area contributed by atoms with Crippen molar-refractivity contribution in [1.29, 1.82) is 0 Å². The number of aromatic nitrogens is 1. The molecule has 0 fully saturated rings. The molecule has 4 heteroatoms. The summed E-state index contributed by atoms with van der Waals surface area (Å²) in [4.78, 5) is 5.18. The average molecular weight is 272 g/mol. The molecule has 0 aliphatic rings. The Bertz CT molecular complexity index is 736. The predicted molar refractivity (Wildman–Crippen MR) is 76.8 cm³/mol. The van der Waals surface area contributed by atoms with Gasteiger partial charge in [0.25, 0.3) is 0 Å². The van der Waals surface area contributed by atoms with Crippen LogP contribution in [0.4, 0.5) is 4.39 Å². The van der Waals surface area contributed by atoms with Crippen molar-refractivity contribution in [2.24, 2.45) is 5.73 Å². The summed E-state index contributed by atoms with van der Waals surface area (Å²) in [5, 5.41) is 0.899. The molecule has 0 saturated carbocycles. The third-order valence-corrected chi connectivity index (χ3v) is 4.26. The lowest BCUT2D eigenvalue weighted by molar-refractivity contribution is 0.630. The van der Waals surface area contributed by atoms with Crippen molar-refractivity contribution in [1.82, 2.24) is 4.98 Å². The Labute approximate surface area is 114 Å². The van der Waals surface area contributed by atoms with Gasteiger partial charge in [-0.15, -0.1) is 11.3 Å². The van der Waals surface area contributed by atoms with Crippen LogP contribution in [0.5, 0.6) is 0 Å². The van der Waals surface area contributed by atoms with E-state index in [-0.39, 0.29) is 11.9 Å². The van der Waals surface area contributed by atoms with Gasteiger partial charge in [0.15, 0.2) is 0 Å². The van der Waals surface area contributed by atoms with E-state index in [2.05, 4.69) is 4.98 Å². The predicted octanol–water partition coefficient (Wildman–Crippen LogP) is 3.79. The van der Waals surface area contributed by atoms with Crippen LogP contribution >= 0.6 is 11.3 Å². The van der Waals surface area contributed by atoms with Crippen LogP contribution in [0.3, 0.4) is 0 Å². The number of aryl methyl sites for hydroxylation is 1. The molecule has 0 spiro atoms. The molecule has 1 aromatic carbocycles. The SMILES string of the molecule is Cc1cncc(C(N)c2cc3cc(F)ccc3s2)c1. The smallest absolute Gasteiger partial charge is 0.123 e. The van der Waals surface area contributed by atoms with Gasteiger partial charge in [0.05, 0.1) is 6.04 Å². The Morgan fingerprint density at radius 3 is 2.84 bits per heavy atom. The number of fused-ring (bicyclic) bond motifs is 1. The molecule has 0 bridgehead atoms. The molecule has 2 N–H and O–H groups in total. The third kappa shape index (κ3) is 2.37. The van der Waals surface area contributed by atoms with Crippen molar-refractivity contribution < 1.29 is 4.39 Å². The van der Waals surface area contributed by atoms with E-state index in [4.69, 9.17) is 5.73 Å². The normalized spacial score (nSPS) is 12.8. The number of halogens is 1. The van der Waals surface area contributed by atoms with Gasteiger partial charge in [-0.3, -0.25) is 4.98 Å². The fourth-order valence-corrected chi connectivity index (χ4v) is 3.18. The first-order chi connectivity index (χ1) is 9.13.